The average Bonchev–Trinajstić information content (AvgIpc) is 3.49. The molecule has 0 radical (unpaired) electrons. The van der Waals surface area contributed by atoms with E-state index in [0.29, 0.717) is 17.4 Å². The molecule has 3 atom stereocenters. The van der Waals surface area contributed by atoms with Crippen molar-refractivity contribution < 1.29 is 4.79 Å². The predicted octanol–water partition coefficient (Wildman–Crippen LogP) is 3.69. The molecule has 2 aliphatic heterocycles. The lowest BCUT2D eigenvalue weighted by molar-refractivity contribution is 0.0785. The molecular weight excluding hydrogens is 372 g/mol. The number of hydrogen-bond donors (Lipinski definition) is 0. The predicted molar refractivity (Wildman–Crippen MR) is 117 cm³/mol. The molecule has 0 saturated carbocycles. The molecule has 0 N–H and O–H groups in total. The van der Waals surface area contributed by atoms with E-state index < -0.39 is 0 Å². The summed E-state index contributed by atoms with van der Waals surface area (Å²) in [5.41, 5.74) is 4.82. The van der Waals surface area contributed by atoms with E-state index in [2.05, 4.69) is 52.1 Å². The van der Waals surface area contributed by atoms with E-state index >= 15 is 0 Å². The van der Waals surface area contributed by atoms with Crippen LogP contribution in [0.2, 0.25) is 0 Å². The van der Waals surface area contributed by atoms with Crippen LogP contribution in [-0.4, -0.2) is 57.9 Å². The van der Waals surface area contributed by atoms with Crippen LogP contribution in [0.5, 0.6) is 0 Å². The van der Waals surface area contributed by atoms with Crippen LogP contribution in [0.1, 0.15) is 53.6 Å². The molecule has 2 aromatic rings. The number of amides is 1. The normalized spacial score (nSPS) is 26.1. The van der Waals surface area contributed by atoms with Gasteiger partial charge < -0.3 is 9.80 Å². The van der Waals surface area contributed by atoms with E-state index in [1.165, 1.54) is 49.0 Å². The zero-order chi connectivity index (χ0) is 20.5. The van der Waals surface area contributed by atoms with Gasteiger partial charge in [-0.1, -0.05) is 30.3 Å². The molecule has 1 aromatic heterocycles. The Morgan fingerprint density at radius 3 is 2.67 bits per heavy atom. The molecule has 2 saturated heterocycles. The number of benzene rings is 1. The minimum Gasteiger partial charge on any atom is -0.334 e. The van der Waals surface area contributed by atoms with E-state index in [1.54, 1.807) is 12.4 Å². The van der Waals surface area contributed by atoms with Crippen molar-refractivity contribution in [2.24, 2.45) is 5.92 Å². The van der Waals surface area contributed by atoms with Crippen molar-refractivity contribution in [1.29, 1.82) is 0 Å². The zero-order valence-corrected chi connectivity index (χ0v) is 17.7. The van der Waals surface area contributed by atoms with Gasteiger partial charge >= 0.3 is 0 Å². The van der Waals surface area contributed by atoms with Gasteiger partial charge in [-0.3, -0.25) is 4.79 Å². The minimum absolute atomic E-state index is 0.0381. The van der Waals surface area contributed by atoms with Gasteiger partial charge in [0, 0.05) is 44.0 Å². The van der Waals surface area contributed by atoms with Crippen molar-refractivity contribution in [1.82, 2.24) is 19.8 Å². The molecule has 0 spiro atoms. The van der Waals surface area contributed by atoms with Gasteiger partial charge in [0.1, 0.15) is 6.33 Å². The molecule has 1 unspecified atom stereocenters. The Hall–Kier alpha value is -2.53. The van der Waals surface area contributed by atoms with Crippen molar-refractivity contribution in [3.8, 4) is 0 Å². The number of carbonyl (C=O) groups is 1. The molecule has 5 heteroatoms. The van der Waals surface area contributed by atoms with E-state index in [1.807, 2.05) is 4.90 Å². The van der Waals surface area contributed by atoms with Gasteiger partial charge in [0.05, 0.1) is 5.56 Å². The Balaban J connectivity index is 1.21. The third-order valence-corrected chi connectivity index (χ3v) is 7.27. The zero-order valence-electron chi connectivity index (χ0n) is 17.7. The van der Waals surface area contributed by atoms with Crippen LogP contribution in [0.15, 0.2) is 54.6 Å². The summed E-state index contributed by atoms with van der Waals surface area (Å²) in [6, 6.07) is 10.0. The summed E-state index contributed by atoms with van der Waals surface area (Å²) in [5.74, 6) is 0.962. The lowest BCUT2D eigenvalue weighted by Crippen LogP contribution is -2.30. The first-order chi connectivity index (χ1) is 14.7. The number of fused-ring (bicyclic) bond motifs is 1. The molecule has 156 valence electrons. The summed E-state index contributed by atoms with van der Waals surface area (Å²) < 4.78 is 0. The third kappa shape index (κ3) is 3.79. The van der Waals surface area contributed by atoms with Crippen LogP contribution < -0.4 is 0 Å². The second-order valence-electron chi connectivity index (χ2n) is 9.06. The summed E-state index contributed by atoms with van der Waals surface area (Å²) in [7, 11) is 0. The van der Waals surface area contributed by atoms with Crippen LogP contribution in [0, 0.1) is 5.92 Å². The van der Waals surface area contributed by atoms with Gasteiger partial charge in [0.25, 0.3) is 5.91 Å². The maximum atomic E-state index is 12.8. The molecule has 0 bridgehead atoms. The van der Waals surface area contributed by atoms with Gasteiger partial charge in [-0.2, -0.15) is 0 Å². The summed E-state index contributed by atoms with van der Waals surface area (Å²) >= 11 is 0. The lowest BCUT2D eigenvalue weighted by Gasteiger charge is -2.22. The fraction of sp³-hybridized carbons (Fsp3) is 0.480. The fourth-order valence-electron chi connectivity index (χ4n) is 5.45. The van der Waals surface area contributed by atoms with Gasteiger partial charge in [0.2, 0.25) is 0 Å². The van der Waals surface area contributed by atoms with E-state index in [0.717, 1.165) is 32.0 Å². The van der Waals surface area contributed by atoms with Crippen molar-refractivity contribution >= 4 is 5.91 Å². The number of carbonyl (C=O) groups excluding carboxylic acids is 1. The van der Waals surface area contributed by atoms with Crippen molar-refractivity contribution in [3.63, 3.8) is 0 Å². The number of aromatic nitrogens is 2. The number of likely N-dealkylation sites (tertiary alicyclic amines) is 2. The van der Waals surface area contributed by atoms with Crippen molar-refractivity contribution in [2.75, 3.05) is 26.2 Å². The Morgan fingerprint density at radius 1 is 1.13 bits per heavy atom. The molecule has 1 amide bonds. The quantitative estimate of drug-likeness (QED) is 0.716. The van der Waals surface area contributed by atoms with Crippen LogP contribution >= 0.6 is 0 Å². The largest absolute Gasteiger partial charge is 0.334 e. The molecule has 5 nitrogen and oxygen atoms in total. The average molecular weight is 403 g/mol. The van der Waals surface area contributed by atoms with Gasteiger partial charge in [-0.25, -0.2) is 9.97 Å². The highest BCUT2D eigenvalue weighted by molar-refractivity contribution is 5.94. The Morgan fingerprint density at radius 2 is 1.93 bits per heavy atom. The number of allylic oxidation sites excluding steroid dienone is 1. The van der Waals surface area contributed by atoms with E-state index in [4.69, 9.17) is 0 Å². The number of nitrogens with zero attached hydrogens (tertiary/aromatic N) is 4. The van der Waals surface area contributed by atoms with Crippen molar-refractivity contribution in [3.05, 3.63) is 71.3 Å². The molecule has 1 aliphatic carbocycles. The number of hydrogen-bond acceptors (Lipinski definition) is 4. The molecule has 2 fully saturated rings. The van der Waals surface area contributed by atoms with Crippen LogP contribution in [0.3, 0.4) is 0 Å². The van der Waals surface area contributed by atoms with Crippen LogP contribution in [0.25, 0.3) is 0 Å². The Bertz CT molecular complexity index is 924. The molecule has 3 aliphatic rings. The minimum atomic E-state index is 0.0381. The second kappa shape index (κ2) is 8.31. The highest BCUT2D eigenvalue weighted by atomic mass is 16.2. The maximum Gasteiger partial charge on any atom is 0.257 e. The highest BCUT2D eigenvalue weighted by Crippen LogP contribution is 2.43. The third-order valence-electron chi connectivity index (χ3n) is 7.27. The van der Waals surface area contributed by atoms with E-state index in [-0.39, 0.29) is 5.91 Å². The lowest BCUT2D eigenvalue weighted by atomic mass is 9.86. The summed E-state index contributed by atoms with van der Waals surface area (Å²) in [5, 5.41) is 0. The standard InChI is InChI=1S/C25H30N4O/c1-18-3-2-11-28(18)12-10-19-4-6-20(7-5-19)23-9-8-21-15-29(16-24(21)23)25(30)22-13-26-17-27-14-22/h4-8,13-14,17-18,23-24H,2-3,9-12,15-16H2,1H3/t18?,23-,24-/m0/s1. The second-order valence-corrected chi connectivity index (χ2v) is 9.06. The SMILES string of the molecule is CC1CCCN1CCc1ccc([C@@H]2CC=C3CN(C(=O)c4cncnc4)C[C@@H]32)cc1. The first kappa shape index (κ1) is 19.4. The van der Waals surface area contributed by atoms with Crippen LogP contribution in [0.4, 0.5) is 0 Å². The van der Waals surface area contributed by atoms with Gasteiger partial charge in [0.15, 0.2) is 0 Å². The van der Waals surface area contributed by atoms with Gasteiger partial charge in [-0.15, -0.1) is 0 Å². The first-order valence-electron chi connectivity index (χ1n) is 11.2. The summed E-state index contributed by atoms with van der Waals surface area (Å²) in [4.78, 5) is 25.3. The molecule has 1 aromatic carbocycles. The van der Waals surface area contributed by atoms with E-state index in [9.17, 15) is 4.79 Å². The molecule has 5 rings (SSSR count). The fourth-order valence-corrected chi connectivity index (χ4v) is 5.45. The van der Waals surface area contributed by atoms with Crippen molar-refractivity contribution in [2.45, 2.75) is 44.6 Å². The van der Waals surface area contributed by atoms with Crippen LogP contribution in [-0.2, 0) is 6.42 Å². The Labute approximate surface area is 178 Å². The Kier molecular flexibility index (Phi) is 5.38. The monoisotopic (exact) mass is 402 g/mol. The maximum absolute atomic E-state index is 12.8. The topological polar surface area (TPSA) is 49.3 Å². The smallest absolute Gasteiger partial charge is 0.257 e. The molecule has 30 heavy (non-hydrogen) atoms. The summed E-state index contributed by atoms with van der Waals surface area (Å²) in [6.07, 6.45) is 11.9. The summed E-state index contributed by atoms with van der Waals surface area (Å²) in [6.45, 7) is 6.29. The highest BCUT2D eigenvalue weighted by Gasteiger charge is 2.39. The molecule has 3 heterocycles. The molecular formula is C25H30N4O. The van der Waals surface area contributed by atoms with Gasteiger partial charge in [-0.05, 0) is 61.8 Å². The first-order valence-corrected chi connectivity index (χ1v) is 11.2. The number of rotatable bonds is 5.